The van der Waals surface area contributed by atoms with Crippen LogP contribution in [-0.2, 0) is 6.42 Å². The Hall–Kier alpha value is -0.0500. The number of hydrogen-bond donors (Lipinski definition) is 1. The molecule has 1 fully saturated rings. The molecule has 0 amide bonds. The largest absolute Gasteiger partial charge is 0.314 e. The van der Waals surface area contributed by atoms with Crippen molar-refractivity contribution in [1.29, 1.82) is 0 Å². The van der Waals surface area contributed by atoms with E-state index in [-0.39, 0.29) is 0 Å². The molecule has 1 aliphatic carbocycles. The van der Waals surface area contributed by atoms with Crippen LogP contribution in [0.3, 0.4) is 0 Å². The van der Waals surface area contributed by atoms with Gasteiger partial charge in [0.25, 0.3) is 0 Å². The van der Waals surface area contributed by atoms with Gasteiger partial charge in [0.05, 0.1) is 0 Å². The first-order valence-electron chi connectivity index (χ1n) is 7.86. The van der Waals surface area contributed by atoms with E-state index >= 15 is 0 Å². The van der Waals surface area contributed by atoms with Crippen molar-refractivity contribution < 1.29 is 0 Å². The van der Waals surface area contributed by atoms with Gasteiger partial charge in [-0.2, -0.15) is 0 Å². The van der Waals surface area contributed by atoms with Gasteiger partial charge in [0.15, 0.2) is 0 Å². The maximum absolute atomic E-state index is 6.36. The summed E-state index contributed by atoms with van der Waals surface area (Å²) in [6.45, 7) is 3.39. The predicted octanol–water partition coefficient (Wildman–Crippen LogP) is 5.59. The van der Waals surface area contributed by atoms with Crippen molar-refractivity contribution in [3.63, 3.8) is 0 Å². The minimum absolute atomic E-state index is 0.705. The van der Waals surface area contributed by atoms with Crippen molar-refractivity contribution >= 4 is 27.5 Å². The molecule has 112 valence electrons. The van der Waals surface area contributed by atoms with E-state index in [1.165, 1.54) is 44.1 Å². The van der Waals surface area contributed by atoms with Gasteiger partial charge in [-0.3, -0.25) is 0 Å². The van der Waals surface area contributed by atoms with Crippen molar-refractivity contribution in [3.8, 4) is 0 Å². The van der Waals surface area contributed by atoms with E-state index in [2.05, 4.69) is 40.3 Å². The highest BCUT2D eigenvalue weighted by Gasteiger charge is 2.20. The molecule has 0 spiro atoms. The van der Waals surface area contributed by atoms with Gasteiger partial charge in [-0.25, -0.2) is 0 Å². The lowest BCUT2D eigenvalue weighted by molar-refractivity contribution is 0.384. The first kappa shape index (κ1) is 16.3. The summed E-state index contributed by atoms with van der Waals surface area (Å²) in [5, 5.41) is 4.61. The van der Waals surface area contributed by atoms with Crippen LogP contribution in [-0.4, -0.2) is 12.6 Å². The molecule has 2 atom stereocenters. The van der Waals surface area contributed by atoms with E-state index in [1.54, 1.807) is 0 Å². The molecule has 0 bridgehead atoms. The van der Waals surface area contributed by atoms with Gasteiger partial charge in [0.1, 0.15) is 0 Å². The summed E-state index contributed by atoms with van der Waals surface area (Å²) in [6, 6.07) is 6.99. The first-order valence-corrected chi connectivity index (χ1v) is 9.03. The third-order valence-electron chi connectivity index (χ3n) is 4.24. The minimum Gasteiger partial charge on any atom is -0.314 e. The van der Waals surface area contributed by atoms with E-state index in [9.17, 15) is 0 Å². The lowest BCUT2D eigenvalue weighted by Crippen LogP contribution is -2.31. The zero-order valence-corrected chi connectivity index (χ0v) is 14.6. The monoisotopic (exact) mass is 357 g/mol. The molecule has 1 aliphatic rings. The molecule has 0 aromatic heterocycles. The summed E-state index contributed by atoms with van der Waals surface area (Å²) in [5.74, 6) is 0.769. The quantitative estimate of drug-likeness (QED) is 0.676. The molecule has 2 unspecified atom stereocenters. The highest BCUT2D eigenvalue weighted by atomic mass is 79.9. The highest BCUT2D eigenvalue weighted by Crippen LogP contribution is 2.30. The predicted molar refractivity (Wildman–Crippen MR) is 91.5 cm³/mol. The van der Waals surface area contributed by atoms with Gasteiger partial charge in [-0.05, 0) is 55.8 Å². The van der Waals surface area contributed by atoms with Crippen LogP contribution in [0.15, 0.2) is 22.7 Å². The van der Waals surface area contributed by atoms with Gasteiger partial charge in [-0.1, -0.05) is 59.8 Å². The summed E-state index contributed by atoms with van der Waals surface area (Å²) in [6.07, 6.45) is 9.05. The average molecular weight is 359 g/mol. The molecule has 3 heteroatoms. The molecule has 0 heterocycles. The number of benzene rings is 1. The summed E-state index contributed by atoms with van der Waals surface area (Å²) in [5.41, 5.74) is 1.30. The van der Waals surface area contributed by atoms with Crippen LogP contribution in [0.25, 0.3) is 0 Å². The number of halogens is 2. The zero-order chi connectivity index (χ0) is 14.4. The molecule has 1 N–H and O–H groups in total. The van der Waals surface area contributed by atoms with Gasteiger partial charge in [0.2, 0.25) is 0 Å². The first-order chi connectivity index (χ1) is 9.69. The number of hydrogen-bond acceptors (Lipinski definition) is 1. The van der Waals surface area contributed by atoms with Crippen molar-refractivity contribution in [1.82, 2.24) is 5.32 Å². The van der Waals surface area contributed by atoms with E-state index in [4.69, 9.17) is 11.6 Å². The number of nitrogens with one attached hydrogen (secondary N) is 1. The lowest BCUT2D eigenvalue weighted by Gasteiger charge is -2.21. The smallest absolute Gasteiger partial charge is 0.0449 e. The number of rotatable bonds is 5. The van der Waals surface area contributed by atoms with Crippen LogP contribution in [0.2, 0.25) is 5.02 Å². The Kier molecular flexibility index (Phi) is 6.86. The minimum atomic E-state index is 0.705. The Balaban J connectivity index is 1.96. The third kappa shape index (κ3) is 5.05. The Morgan fingerprint density at radius 1 is 1.30 bits per heavy atom. The fourth-order valence-electron chi connectivity index (χ4n) is 3.18. The zero-order valence-electron chi connectivity index (χ0n) is 12.3. The van der Waals surface area contributed by atoms with Crippen LogP contribution in [0.4, 0.5) is 0 Å². The second-order valence-electron chi connectivity index (χ2n) is 5.98. The molecule has 1 aromatic carbocycles. The Morgan fingerprint density at radius 3 is 2.85 bits per heavy atom. The van der Waals surface area contributed by atoms with Gasteiger partial charge < -0.3 is 5.32 Å². The molecule has 0 aliphatic heterocycles. The Labute approximate surface area is 136 Å². The fourth-order valence-corrected chi connectivity index (χ4v) is 3.93. The second-order valence-corrected chi connectivity index (χ2v) is 7.30. The third-order valence-corrected chi connectivity index (χ3v) is 5.08. The maximum Gasteiger partial charge on any atom is 0.0449 e. The standard InChI is InChI=1S/C17H25BrClN/c1-2-9-20-16-6-4-3-5-13(11-16)10-14-7-8-15(18)12-17(14)19/h7-8,12-13,16,20H,2-6,9-11H2,1H3. The van der Waals surface area contributed by atoms with Gasteiger partial charge in [0, 0.05) is 15.5 Å². The fraction of sp³-hybridized carbons (Fsp3) is 0.647. The van der Waals surface area contributed by atoms with Gasteiger partial charge >= 0.3 is 0 Å². The molecule has 2 rings (SSSR count). The molecule has 0 saturated heterocycles. The molecule has 1 nitrogen and oxygen atoms in total. The van der Waals surface area contributed by atoms with Crippen LogP contribution < -0.4 is 5.32 Å². The van der Waals surface area contributed by atoms with E-state index < -0.39 is 0 Å². The molecule has 1 aromatic rings. The molecule has 0 radical (unpaired) electrons. The highest BCUT2D eigenvalue weighted by molar-refractivity contribution is 9.10. The normalized spacial score (nSPS) is 23.6. The van der Waals surface area contributed by atoms with Crippen molar-refractivity contribution in [2.24, 2.45) is 5.92 Å². The van der Waals surface area contributed by atoms with Crippen molar-refractivity contribution in [2.45, 2.75) is 57.9 Å². The molecular weight excluding hydrogens is 334 g/mol. The topological polar surface area (TPSA) is 12.0 Å². The summed E-state index contributed by atoms with van der Waals surface area (Å²) >= 11 is 9.84. The van der Waals surface area contributed by atoms with Crippen LogP contribution >= 0.6 is 27.5 Å². The molecular formula is C17H25BrClN. The van der Waals surface area contributed by atoms with Crippen molar-refractivity contribution in [3.05, 3.63) is 33.3 Å². The summed E-state index contributed by atoms with van der Waals surface area (Å²) in [4.78, 5) is 0. The van der Waals surface area contributed by atoms with Crippen LogP contribution in [0.5, 0.6) is 0 Å². The van der Waals surface area contributed by atoms with Gasteiger partial charge in [-0.15, -0.1) is 0 Å². The maximum atomic E-state index is 6.36. The molecule has 1 saturated carbocycles. The second kappa shape index (κ2) is 8.41. The SMILES string of the molecule is CCCNC1CCCCC(Cc2ccc(Br)cc2Cl)C1. The van der Waals surface area contributed by atoms with Crippen LogP contribution in [0, 0.1) is 5.92 Å². The van der Waals surface area contributed by atoms with E-state index in [0.717, 1.165) is 28.4 Å². The summed E-state index contributed by atoms with van der Waals surface area (Å²) in [7, 11) is 0. The average Bonchev–Trinajstić information content (AvgIpc) is 2.65. The Bertz CT molecular complexity index is 421. The lowest BCUT2D eigenvalue weighted by atomic mass is 9.91. The summed E-state index contributed by atoms with van der Waals surface area (Å²) < 4.78 is 1.06. The molecule has 20 heavy (non-hydrogen) atoms. The van der Waals surface area contributed by atoms with E-state index in [1.807, 2.05) is 6.07 Å². The van der Waals surface area contributed by atoms with E-state index in [0.29, 0.717) is 6.04 Å². The van der Waals surface area contributed by atoms with Crippen molar-refractivity contribution in [2.75, 3.05) is 6.54 Å². The Morgan fingerprint density at radius 2 is 2.10 bits per heavy atom. The van der Waals surface area contributed by atoms with Crippen LogP contribution in [0.1, 0.15) is 51.0 Å².